The second-order valence-electron chi connectivity index (χ2n) is 3.75. The van der Waals surface area contributed by atoms with Crippen molar-refractivity contribution in [3.8, 4) is 0 Å². The molecule has 0 aliphatic carbocycles. The lowest BCUT2D eigenvalue weighted by Crippen LogP contribution is -2.48. The molecule has 0 aromatic heterocycles. The smallest absolute Gasteiger partial charge is 0.145 e. The van der Waals surface area contributed by atoms with Crippen LogP contribution in [0.3, 0.4) is 0 Å². The van der Waals surface area contributed by atoms with Crippen LogP contribution in [0.15, 0.2) is 0 Å². The van der Waals surface area contributed by atoms with Crippen LogP contribution in [0.1, 0.15) is 20.8 Å². The first-order chi connectivity index (χ1) is 6.08. The number of aldehydes is 1. The number of hydrogen-bond donors (Lipinski definition) is 0. The van der Waals surface area contributed by atoms with Gasteiger partial charge in [-0.1, -0.05) is 0 Å². The summed E-state index contributed by atoms with van der Waals surface area (Å²) in [5.41, 5.74) is 0. The van der Waals surface area contributed by atoms with E-state index in [1.54, 1.807) is 0 Å². The molecular formula is C10H22NO2+. The maximum Gasteiger partial charge on any atom is 0.145 e. The highest BCUT2D eigenvalue weighted by molar-refractivity contribution is 5.50. The molecule has 0 bridgehead atoms. The van der Waals surface area contributed by atoms with Gasteiger partial charge in [0.25, 0.3) is 0 Å². The number of hydrogen-bond acceptors (Lipinski definition) is 2. The molecule has 1 unspecified atom stereocenters. The van der Waals surface area contributed by atoms with Gasteiger partial charge in [0.15, 0.2) is 0 Å². The molecule has 0 saturated carbocycles. The predicted octanol–water partition coefficient (Wildman–Crippen LogP) is 1.08. The monoisotopic (exact) mass is 188 g/mol. The van der Waals surface area contributed by atoms with E-state index in [9.17, 15) is 4.79 Å². The minimum atomic E-state index is 0.162. The summed E-state index contributed by atoms with van der Waals surface area (Å²) in [7, 11) is 2.21. The molecule has 0 heterocycles. The SMILES string of the molecule is CC[N+](C)(CC)CC(C)OCC=O. The van der Waals surface area contributed by atoms with E-state index >= 15 is 0 Å². The summed E-state index contributed by atoms with van der Waals surface area (Å²) in [4.78, 5) is 10.1. The largest absolute Gasteiger partial charge is 0.365 e. The molecule has 0 aliphatic rings. The highest BCUT2D eigenvalue weighted by Gasteiger charge is 2.20. The van der Waals surface area contributed by atoms with Crippen LogP contribution in [-0.2, 0) is 9.53 Å². The molecule has 0 saturated heterocycles. The zero-order chi connectivity index (χ0) is 10.3. The van der Waals surface area contributed by atoms with Crippen molar-refractivity contribution in [1.82, 2.24) is 0 Å². The van der Waals surface area contributed by atoms with Crippen molar-refractivity contribution in [2.45, 2.75) is 26.9 Å². The van der Waals surface area contributed by atoms with E-state index in [1.165, 1.54) is 0 Å². The van der Waals surface area contributed by atoms with Gasteiger partial charge in [-0.15, -0.1) is 0 Å². The van der Waals surface area contributed by atoms with Gasteiger partial charge in [0.05, 0.1) is 20.1 Å². The van der Waals surface area contributed by atoms with Gasteiger partial charge >= 0.3 is 0 Å². The van der Waals surface area contributed by atoms with Crippen molar-refractivity contribution in [3.63, 3.8) is 0 Å². The lowest BCUT2D eigenvalue weighted by molar-refractivity contribution is -0.908. The van der Waals surface area contributed by atoms with Crippen molar-refractivity contribution < 1.29 is 14.0 Å². The minimum absolute atomic E-state index is 0.162. The highest BCUT2D eigenvalue weighted by atomic mass is 16.5. The third-order valence-electron chi connectivity index (χ3n) is 2.67. The standard InChI is InChI=1S/C10H22NO2/c1-5-11(4,6-2)9-10(3)13-8-7-12/h7,10H,5-6,8-9H2,1-4H3/q+1. The van der Waals surface area contributed by atoms with Crippen molar-refractivity contribution in [2.75, 3.05) is 33.3 Å². The summed E-state index contributed by atoms with van der Waals surface area (Å²) in [6.07, 6.45) is 0.966. The fourth-order valence-electron chi connectivity index (χ4n) is 1.36. The molecule has 78 valence electrons. The average molecular weight is 188 g/mol. The molecule has 13 heavy (non-hydrogen) atoms. The summed E-state index contributed by atoms with van der Waals surface area (Å²) in [5.74, 6) is 0. The summed E-state index contributed by atoms with van der Waals surface area (Å²) >= 11 is 0. The number of rotatable bonds is 7. The quantitative estimate of drug-likeness (QED) is 0.441. The Morgan fingerprint density at radius 3 is 2.31 bits per heavy atom. The molecule has 3 nitrogen and oxygen atoms in total. The van der Waals surface area contributed by atoms with E-state index in [0.717, 1.165) is 30.4 Å². The van der Waals surface area contributed by atoms with Crippen LogP contribution in [0.25, 0.3) is 0 Å². The van der Waals surface area contributed by atoms with E-state index in [2.05, 4.69) is 20.9 Å². The molecule has 0 radical (unpaired) electrons. The van der Waals surface area contributed by atoms with Crippen LogP contribution < -0.4 is 0 Å². The molecule has 0 rings (SSSR count). The second kappa shape index (κ2) is 6.11. The molecule has 0 aromatic rings. The van der Waals surface area contributed by atoms with E-state index in [4.69, 9.17) is 4.74 Å². The first kappa shape index (κ1) is 12.6. The topological polar surface area (TPSA) is 26.3 Å². The first-order valence-electron chi connectivity index (χ1n) is 4.96. The van der Waals surface area contributed by atoms with Gasteiger partial charge in [0.2, 0.25) is 0 Å². The van der Waals surface area contributed by atoms with Crippen LogP contribution >= 0.6 is 0 Å². The van der Waals surface area contributed by atoms with Crippen molar-refractivity contribution in [3.05, 3.63) is 0 Å². The predicted molar refractivity (Wildman–Crippen MR) is 53.6 cm³/mol. The van der Waals surface area contributed by atoms with Gasteiger partial charge in [-0.2, -0.15) is 0 Å². The third-order valence-corrected chi connectivity index (χ3v) is 2.67. The Kier molecular flexibility index (Phi) is 5.91. The lowest BCUT2D eigenvalue weighted by atomic mass is 10.3. The molecule has 3 heteroatoms. The Morgan fingerprint density at radius 2 is 1.92 bits per heavy atom. The van der Waals surface area contributed by atoms with Crippen LogP contribution in [0, 0.1) is 0 Å². The molecular weight excluding hydrogens is 166 g/mol. The van der Waals surface area contributed by atoms with Gasteiger partial charge in [-0.3, -0.25) is 0 Å². The number of ether oxygens (including phenoxy) is 1. The van der Waals surface area contributed by atoms with Crippen molar-refractivity contribution >= 4 is 6.29 Å². The maximum atomic E-state index is 10.1. The van der Waals surface area contributed by atoms with E-state index < -0.39 is 0 Å². The number of carbonyl (C=O) groups excluding carboxylic acids is 1. The third kappa shape index (κ3) is 5.01. The first-order valence-corrected chi connectivity index (χ1v) is 4.96. The van der Waals surface area contributed by atoms with Gasteiger partial charge in [-0.25, -0.2) is 0 Å². The normalized spacial score (nSPS) is 14.2. The number of nitrogens with zero attached hydrogens (tertiary/aromatic N) is 1. The van der Waals surface area contributed by atoms with Crippen LogP contribution in [-0.4, -0.2) is 50.2 Å². The minimum Gasteiger partial charge on any atom is -0.365 e. The highest BCUT2D eigenvalue weighted by Crippen LogP contribution is 2.05. The summed E-state index contributed by atoms with van der Waals surface area (Å²) in [6, 6.07) is 0. The Balaban J connectivity index is 3.86. The van der Waals surface area contributed by atoms with E-state index in [-0.39, 0.29) is 12.7 Å². The van der Waals surface area contributed by atoms with E-state index in [0.29, 0.717) is 0 Å². The molecule has 0 aliphatic heterocycles. The fourth-order valence-corrected chi connectivity index (χ4v) is 1.36. The van der Waals surface area contributed by atoms with Crippen molar-refractivity contribution in [1.29, 1.82) is 0 Å². The number of likely N-dealkylation sites (N-methyl/N-ethyl adjacent to an activating group) is 1. The molecule has 1 atom stereocenters. The molecule has 0 spiro atoms. The van der Waals surface area contributed by atoms with Gasteiger partial charge in [-0.05, 0) is 20.8 Å². The Bertz CT molecular complexity index is 144. The number of quaternary nitrogens is 1. The summed E-state index contributed by atoms with van der Waals surface area (Å²) < 4.78 is 6.31. The Morgan fingerprint density at radius 1 is 1.38 bits per heavy atom. The van der Waals surface area contributed by atoms with E-state index in [1.807, 2.05) is 6.92 Å². The van der Waals surface area contributed by atoms with Gasteiger partial charge in [0, 0.05) is 0 Å². The lowest BCUT2D eigenvalue weighted by Gasteiger charge is -2.34. The second-order valence-corrected chi connectivity index (χ2v) is 3.75. The van der Waals surface area contributed by atoms with Crippen LogP contribution in [0.4, 0.5) is 0 Å². The molecule has 0 aromatic carbocycles. The maximum absolute atomic E-state index is 10.1. The zero-order valence-corrected chi connectivity index (χ0v) is 9.25. The number of carbonyl (C=O) groups is 1. The summed E-state index contributed by atoms with van der Waals surface area (Å²) in [5, 5.41) is 0. The van der Waals surface area contributed by atoms with Gasteiger partial charge < -0.3 is 14.0 Å². The van der Waals surface area contributed by atoms with Crippen LogP contribution in [0.5, 0.6) is 0 Å². The molecule has 0 amide bonds. The summed E-state index contributed by atoms with van der Waals surface area (Å²) in [6.45, 7) is 9.77. The molecule has 0 fully saturated rings. The Hall–Kier alpha value is -0.410. The zero-order valence-electron chi connectivity index (χ0n) is 9.25. The Labute approximate surface area is 81.3 Å². The average Bonchev–Trinajstić information content (AvgIpc) is 2.14. The molecule has 0 N–H and O–H groups in total. The fraction of sp³-hybridized carbons (Fsp3) is 0.900. The van der Waals surface area contributed by atoms with Crippen LogP contribution in [0.2, 0.25) is 0 Å². The van der Waals surface area contributed by atoms with Gasteiger partial charge in [0.1, 0.15) is 25.5 Å². The van der Waals surface area contributed by atoms with Crippen molar-refractivity contribution in [2.24, 2.45) is 0 Å².